The molecule has 2 aliphatic rings. The van der Waals surface area contributed by atoms with Crippen molar-refractivity contribution < 1.29 is 33.6 Å². The number of rotatable bonds is 13. The van der Waals surface area contributed by atoms with Gasteiger partial charge < -0.3 is 24.1 Å². The molecule has 6 rings (SSSR count). The van der Waals surface area contributed by atoms with Gasteiger partial charge in [0.1, 0.15) is 19.0 Å². The van der Waals surface area contributed by atoms with Gasteiger partial charge in [-0.25, -0.2) is 0 Å². The highest BCUT2D eigenvalue weighted by atomic mass is 35.5. The number of nitrogens with zero attached hydrogens (tertiary/aromatic N) is 3. The molecule has 0 bridgehead atoms. The molecule has 1 N–H and O–H groups in total. The van der Waals surface area contributed by atoms with Gasteiger partial charge in [-0.15, -0.1) is 10.2 Å². The number of benzene rings is 3. The lowest BCUT2D eigenvalue weighted by Gasteiger charge is -2.24. The number of anilines is 1. The monoisotopic (exact) mass is 741 g/mol. The highest BCUT2D eigenvalue weighted by molar-refractivity contribution is 8.00. The summed E-state index contributed by atoms with van der Waals surface area (Å²) in [7, 11) is 0. The summed E-state index contributed by atoms with van der Waals surface area (Å²) in [5.74, 6) is 0.343. The molecule has 10 nitrogen and oxygen atoms in total. The third-order valence-electron chi connectivity index (χ3n) is 7.82. The average molecular weight is 743 g/mol. The number of ketones is 1. The molecule has 1 amide bonds. The normalized spacial score (nSPS) is 16.7. The number of halogens is 2. The van der Waals surface area contributed by atoms with Gasteiger partial charge in [0, 0.05) is 21.4 Å². The summed E-state index contributed by atoms with van der Waals surface area (Å²) in [6.07, 6.45) is 2.98. The van der Waals surface area contributed by atoms with Gasteiger partial charge in [0.15, 0.2) is 27.3 Å². The van der Waals surface area contributed by atoms with E-state index in [0.717, 1.165) is 36.2 Å². The molecule has 1 aromatic heterocycles. The molecule has 1 saturated heterocycles. The molecular formula is C35H33Cl2N3O7S2. The Kier molecular flexibility index (Phi) is 11.2. The topological polar surface area (TPSA) is 120 Å². The lowest BCUT2D eigenvalue weighted by atomic mass is 9.95. The maximum Gasteiger partial charge on any atom is 0.301 e. The Balaban J connectivity index is 1.40. The molecule has 2 aliphatic heterocycles. The Morgan fingerprint density at radius 2 is 1.80 bits per heavy atom. The maximum absolute atomic E-state index is 13.8. The number of Topliss-reactive ketones (excluding diaryl/α,β-unsaturated/α-hetero) is 1. The second-order valence-electron chi connectivity index (χ2n) is 11.1. The lowest BCUT2D eigenvalue weighted by molar-refractivity contribution is -0.132. The van der Waals surface area contributed by atoms with Gasteiger partial charge in [0.25, 0.3) is 5.78 Å². The second kappa shape index (κ2) is 15.7. The van der Waals surface area contributed by atoms with Crippen LogP contribution in [0.5, 0.6) is 23.0 Å². The number of hydrogen-bond acceptors (Lipinski definition) is 11. The molecule has 0 aliphatic carbocycles. The minimum absolute atomic E-state index is 0.113. The SMILES string of the molecule is CCCCCOc1ccc([C@@H]2/C(=C(\O)c3ccc4c(c3)OCCO4)C(=O)C(=O)N2c2nnc(SCc3ccc(Cl)cc3Cl)s2)cc1OCC. The predicted molar refractivity (Wildman–Crippen MR) is 191 cm³/mol. The molecule has 49 heavy (non-hydrogen) atoms. The van der Waals surface area contributed by atoms with Crippen LogP contribution in [0.25, 0.3) is 5.76 Å². The van der Waals surface area contributed by atoms with E-state index in [1.54, 1.807) is 48.5 Å². The van der Waals surface area contributed by atoms with Crippen LogP contribution in [0.3, 0.4) is 0 Å². The van der Waals surface area contributed by atoms with E-state index in [2.05, 4.69) is 17.1 Å². The number of amides is 1. The number of ether oxygens (including phenoxy) is 4. The van der Waals surface area contributed by atoms with Gasteiger partial charge in [0.2, 0.25) is 5.13 Å². The van der Waals surface area contributed by atoms with Crippen molar-refractivity contribution in [2.24, 2.45) is 0 Å². The Morgan fingerprint density at radius 3 is 2.57 bits per heavy atom. The molecule has 4 aromatic rings. The Morgan fingerprint density at radius 1 is 0.980 bits per heavy atom. The summed E-state index contributed by atoms with van der Waals surface area (Å²) in [5, 5.41) is 21.6. The third-order valence-corrected chi connectivity index (χ3v) is 10.5. The van der Waals surface area contributed by atoms with Crippen molar-refractivity contribution in [3.05, 3.63) is 86.9 Å². The van der Waals surface area contributed by atoms with E-state index in [1.165, 1.54) is 16.7 Å². The first-order chi connectivity index (χ1) is 23.8. The van der Waals surface area contributed by atoms with Crippen molar-refractivity contribution in [3.8, 4) is 23.0 Å². The number of aromatic nitrogens is 2. The van der Waals surface area contributed by atoms with E-state index < -0.39 is 17.7 Å². The van der Waals surface area contributed by atoms with Crippen LogP contribution < -0.4 is 23.8 Å². The van der Waals surface area contributed by atoms with Crippen LogP contribution in [0.4, 0.5) is 5.13 Å². The van der Waals surface area contributed by atoms with Crippen molar-refractivity contribution in [1.29, 1.82) is 0 Å². The lowest BCUT2D eigenvalue weighted by Crippen LogP contribution is -2.29. The van der Waals surface area contributed by atoms with E-state index >= 15 is 0 Å². The molecule has 0 unspecified atom stereocenters. The largest absolute Gasteiger partial charge is 0.507 e. The molecule has 3 aromatic carbocycles. The van der Waals surface area contributed by atoms with Gasteiger partial charge in [0.05, 0.1) is 24.8 Å². The summed E-state index contributed by atoms with van der Waals surface area (Å²) < 4.78 is 23.9. The summed E-state index contributed by atoms with van der Waals surface area (Å²) >= 11 is 15.0. The molecule has 1 atom stereocenters. The molecule has 1 fully saturated rings. The molecule has 0 spiro atoms. The number of hydrogen-bond donors (Lipinski definition) is 1. The predicted octanol–water partition coefficient (Wildman–Crippen LogP) is 8.50. The highest BCUT2D eigenvalue weighted by Crippen LogP contribution is 2.46. The number of unbranched alkanes of at least 4 members (excludes halogenated alkanes) is 2. The number of fused-ring (bicyclic) bond motifs is 1. The summed E-state index contributed by atoms with van der Waals surface area (Å²) in [4.78, 5) is 29.0. The first-order valence-electron chi connectivity index (χ1n) is 15.8. The van der Waals surface area contributed by atoms with Crippen molar-refractivity contribution in [2.75, 3.05) is 31.3 Å². The van der Waals surface area contributed by atoms with Gasteiger partial charge >= 0.3 is 5.91 Å². The van der Waals surface area contributed by atoms with Crippen molar-refractivity contribution in [1.82, 2.24) is 10.2 Å². The molecule has 14 heteroatoms. The standard InChI is InChI=1S/C35H33Cl2N3O7S2/c1-3-5-6-13-45-25-11-8-20(16-27(25)44-4-2)30-29(31(41)21-9-12-26-28(17-21)47-15-14-46-26)32(42)33(43)40(30)34-38-39-35(49-34)48-19-22-7-10-23(36)18-24(22)37/h7-12,16-18,30,41H,3-6,13-15,19H2,1-2H3/b31-29+/t30-/m1/s1. The number of aliphatic hydroxyl groups excluding tert-OH is 1. The Hall–Kier alpha value is -3.97. The fourth-order valence-electron chi connectivity index (χ4n) is 5.44. The minimum atomic E-state index is -1.06. The zero-order valence-corrected chi connectivity index (χ0v) is 29.9. The van der Waals surface area contributed by atoms with Crippen molar-refractivity contribution >= 4 is 68.9 Å². The minimum Gasteiger partial charge on any atom is -0.507 e. The van der Waals surface area contributed by atoms with Gasteiger partial charge in [-0.1, -0.05) is 78.2 Å². The molecule has 3 heterocycles. The molecule has 0 saturated carbocycles. The Bertz CT molecular complexity index is 1900. The van der Waals surface area contributed by atoms with E-state index in [-0.39, 0.29) is 16.5 Å². The van der Waals surface area contributed by atoms with Crippen molar-refractivity contribution in [3.63, 3.8) is 0 Å². The maximum atomic E-state index is 13.8. The fourth-order valence-corrected chi connectivity index (χ4v) is 7.87. The number of aliphatic hydroxyl groups is 1. The Labute approximate surface area is 301 Å². The van der Waals surface area contributed by atoms with Crippen LogP contribution in [0.2, 0.25) is 10.0 Å². The number of carbonyl (C=O) groups is 2. The number of thioether (sulfide) groups is 1. The smallest absolute Gasteiger partial charge is 0.301 e. The molecular weight excluding hydrogens is 709 g/mol. The van der Waals surface area contributed by atoms with Crippen molar-refractivity contribution in [2.45, 2.75) is 49.2 Å². The van der Waals surface area contributed by atoms with E-state index in [9.17, 15) is 14.7 Å². The van der Waals surface area contributed by atoms with Crippen LogP contribution in [-0.2, 0) is 15.3 Å². The van der Waals surface area contributed by atoms with Crippen LogP contribution in [0.15, 0.2) is 64.5 Å². The first kappa shape index (κ1) is 34.9. The first-order valence-corrected chi connectivity index (χ1v) is 18.4. The van der Waals surface area contributed by atoms with E-state index in [0.29, 0.717) is 80.7 Å². The average Bonchev–Trinajstić information content (AvgIpc) is 3.67. The molecule has 0 radical (unpaired) electrons. The summed E-state index contributed by atoms with van der Waals surface area (Å²) in [6, 6.07) is 14.3. The zero-order chi connectivity index (χ0) is 34.5. The zero-order valence-electron chi connectivity index (χ0n) is 26.7. The van der Waals surface area contributed by atoms with Crippen LogP contribution in [0.1, 0.15) is 55.8 Å². The fraction of sp³-hybridized carbons (Fsp3) is 0.314. The van der Waals surface area contributed by atoms with Crippen LogP contribution in [0, 0.1) is 0 Å². The summed E-state index contributed by atoms with van der Waals surface area (Å²) in [5.41, 5.74) is 1.55. The van der Waals surface area contributed by atoms with Crippen LogP contribution >= 0.6 is 46.3 Å². The quantitative estimate of drug-likeness (QED) is 0.0357. The summed E-state index contributed by atoms with van der Waals surface area (Å²) in [6.45, 7) is 5.61. The third kappa shape index (κ3) is 7.62. The second-order valence-corrected chi connectivity index (χ2v) is 14.1. The van der Waals surface area contributed by atoms with E-state index in [1.807, 2.05) is 13.0 Å². The van der Waals surface area contributed by atoms with Crippen LogP contribution in [-0.4, -0.2) is 53.4 Å². The highest BCUT2D eigenvalue weighted by Gasteiger charge is 2.48. The molecule has 256 valence electrons. The van der Waals surface area contributed by atoms with E-state index in [4.69, 9.17) is 42.1 Å². The number of carbonyl (C=O) groups excluding carboxylic acids is 2. The van der Waals surface area contributed by atoms with Gasteiger partial charge in [-0.2, -0.15) is 0 Å². The van der Waals surface area contributed by atoms with Gasteiger partial charge in [-0.3, -0.25) is 14.5 Å². The van der Waals surface area contributed by atoms with Gasteiger partial charge in [-0.05, 0) is 66.9 Å².